The molecule has 1 atom stereocenters. The van der Waals surface area contributed by atoms with Gasteiger partial charge in [0.15, 0.2) is 12.4 Å². The number of carbonyl (C=O) groups is 3. The molecule has 0 aliphatic rings. The Morgan fingerprint density at radius 1 is 0.906 bits per heavy atom. The van der Waals surface area contributed by atoms with Gasteiger partial charge in [0.25, 0.3) is 0 Å². The Hall–Kier alpha value is -4.13. The smallest absolute Gasteiger partial charge is 0.341 e. The maximum atomic E-state index is 13.0. The van der Waals surface area contributed by atoms with Crippen molar-refractivity contribution in [3.8, 4) is 5.75 Å². The summed E-state index contributed by atoms with van der Waals surface area (Å²) in [6, 6.07) is 21.9. The summed E-state index contributed by atoms with van der Waals surface area (Å²) in [5, 5.41) is 11.9. The minimum atomic E-state index is -1.06. The highest BCUT2D eigenvalue weighted by Gasteiger charge is 2.22. The SMILES string of the molecule is COC(=O)C(Cc1ccc(OCC(=O)O)cc1)Nc1ccccc1C(=O)c1ccccc1. The molecule has 3 aromatic carbocycles. The van der Waals surface area contributed by atoms with Crippen molar-refractivity contribution < 1.29 is 29.0 Å². The Bertz CT molecular complexity index is 1080. The summed E-state index contributed by atoms with van der Waals surface area (Å²) in [6.45, 7) is -0.433. The lowest BCUT2D eigenvalue weighted by molar-refractivity contribution is -0.141. The van der Waals surface area contributed by atoms with E-state index >= 15 is 0 Å². The molecule has 0 heterocycles. The Morgan fingerprint density at radius 3 is 2.22 bits per heavy atom. The quantitative estimate of drug-likeness (QED) is 0.372. The molecular formula is C25H23NO6. The number of ether oxygens (including phenoxy) is 2. The van der Waals surface area contributed by atoms with Crippen LogP contribution in [-0.4, -0.2) is 42.6 Å². The van der Waals surface area contributed by atoms with Gasteiger partial charge in [-0.3, -0.25) is 4.79 Å². The zero-order chi connectivity index (χ0) is 22.9. The first kappa shape index (κ1) is 22.6. The van der Waals surface area contributed by atoms with E-state index in [2.05, 4.69) is 5.32 Å². The van der Waals surface area contributed by atoms with Crippen LogP contribution in [0.3, 0.4) is 0 Å². The fourth-order valence-electron chi connectivity index (χ4n) is 3.18. The van der Waals surface area contributed by atoms with Gasteiger partial charge in [-0.25, -0.2) is 9.59 Å². The summed E-state index contributed by atoms with van der Waals surface area (Å²) >= 11 is 0. The molecule has 7 nitrogen and oxygen atoms in total. The van der Waals surface area contributed by atoms with Crippen molar-refractivity contribution in [2.24, 2.45) is 0 Å². The van der Waals surface area contributed by atoms with Gasteiger partial charge in [-0.15, -0.1) is 0 Å². The van der Waals surface area contributed by atoms with Gasteiger partial charge < -0.3 is 19.9 Å². The number of ketones is 1. The van der Waals surface area contributed by atoms with E-state index in [0.29, 0.717) is 29.0 Å². The molecule has 3 rings (SSSR count). The molecule has 0 amide bonds. The molecule has 0 saturated carbocycles. The molecule has 7 heteroatoms. The third-order valence-electron chi connectivity index (χ3n) is 4.75. The van der Waals surface area contributed by atoms with Crippen molar-refractivity contribution in [1.82, 2.24) is 0 Å². The summed E-state index contributed by atoms with van der Waals surface area (Å²) in [4.78, 5) is 36.1. The number of rotatable bonds is 10. The lowest BCUT2D eigenvalue weighted by Crippen LogP contribution is -2.33. The number of para-hydroxylation sites is 1. The van der Waals surface area contributed by atoms with E-state index in [1.54, 1.807) is 72.8 Å². The number of carboxylic acid groups (broad SMARTS) is 1. The molecule has 0 radical (unpaired) electrons. The number of anilines is 1. The van der Waals surface area contributed by atoms with Crippen molar-refractivity contribution in [2.45, 2.75) is 12.5 Å². The average molecular weight is 433 g/mol. The van der Waals surface area contributed by atoms with Gasteiger partial charge in [0.05, 0.1) is 7.11 Å². The van der Waals surface area contributed by atoms with Crippen molar-refractivity contribution in [3.05, 3.63) is 95.6 Å². The van der Waals surface area contributed by atoms with Gasteiger partial charge in [-0.05, 0) is 29.8 Å². The molecule has 0 bridgehead atoms. The topological polar surface area (TPSA) is 102 Å². The van der Waals surface area contributed by atoms with Crippen LogP contribution in [0.1, 0.15) is 21.5 Å². The van der Waals surface area contributed by atoms with Crippen LogP contribution in [0.4, 0.5) is 5.69 Å². The van der Waals surface area contributed by atoms with E-state index in [4.69, 9.17) is 14.6 Å². The second kappa shape index (κ2) is 10.8. The number of methoxy groups -OCH3 is 1. The summed E-state index contributed by atoms with van der Waals surface area (Å²) in [6.07, 6.45) is 0.291. The molecule has 164 valence electrons. The van der Waals surface area contributed by atoms with Gasteiger partial charge in [-0.1, -0.05) is 54.6 Å². The second-order valence-electron chi connectivity index (χ2n) is 6.99. The molecule has 1 unspecified atom stereocenters. The van der Waals surface area contributed by atoms with Crippen molar-refractivity contribution >= 4 is 23.4 Å². The molecule has 2 N–H and O–H groups in total. The van der Waals surface area contributed by atoms with Crippen LogP contribution in [0.2, 0.25) is 0 Å². The van der Waals surface area contributed by atoms with E-state index in [0.717, 1.165) is 5.56 Å². The molecule has 0 spiro atoms. The summed E-state index contributed by atoms with van der Waals surface area (Å²) in [7, 11) is 1.31. The van der Waals surface area contributed by atoms with Crippen LogP contribution in [0, 0.1) is 0 Å². The largest absolute Gasteiger partial charge is 0.482 e. The number of esters is 1. The van der Waals surface area contributed by atoms with Crippen LogP contribution in [0.15, 0.2) is 78.9 Å². The highest BCUT2D eigenvalue weighted by Crippen LogP contribution is 2.22. The number of benzene rings is 3. The Labute approximate surface area is 185 Å². The molecule has 0 aromatic heterocycles. The summed E-state index contributed by atoms with van der Waals surface area (Å²) < 4.78 is 10.1. The lowest BCUT2D eigenvalue weighted by Gasteiger charge is -2.20. The number of nitrogens with one attached hydrogen (secondary N) is 1. The summed E-state index contributed by atoms with van der Waals surface area (Å²) in [5.74, 6) is -1.28. The Kier molecular flexibility index (Phi) is 7.59. The molecule has 0 aliphatic carbocycles. The van der Waals surface area contributed by atoms with Crippen molar-refractivity contribution in [2.75, 3.05) is 19.0 Å². The molecular weight excluding hydrogens is 410 g/mol. The lowest BCUT2D eigenvalue weighted by atomic mass is 10.00. The van der Waals surface area contributed by atoms with E-state index in [1.807, 2.05) is 6.07 Å². The van der Waals surface area contributed by atoms with E-state index < -0.39 is 24.6 Å². The van der Waals surface area contributed by atoms with Gasteiger partial charge in [-0.2, -0.15) is 0 Å². The van der Waals surface area contributed by atoms with Gasteiger partial charge >= 0.3 is 11.9 Å². The minimum Gasteiger partial charge on any atom is -0.482 e. The number of hydrogen-bond donors (Lipinski definition) is 2. The predicted octanol–water partition coefficient (Wildman–Crippen LogP) is 3.58. The number of aliphatic carboxylic acids is 1. The molecule has 0 aliphatic heterocycles. The van der Waals surface area contributed by atoms with Gasteiger partial charge in [0.1, 0.15) is 11.8 Å². The zero-order valence-electron chi connectivity index (χ0n) is 17.5. The fraction of sp³-hybridized carbons (Fsp3) is 0.160. The van der Waals surface area contributed by atoms with Crippen LogP contribution < -0.4 is 10.1 Å². The first-order valence-corrected chi connectivity index (χ1v) is 9.94. The predicted molar refractivity (Wildman–Crippen MR) is 119 cm³/mol. The third kappa shape index (κ3) is 5.95. The van der Waals surface area contributed by atoms with Crippen LogP contribution >= 0.6 is 0 Å². The molecule has 0 saturated heterocycles. The van der Waals surface area contributed by atoms with E-state index in [-0.39, 0.29) is 5.78 Å². The number of hydrogen-bond acceptors (Lipinski definition) is 6. The number of carboxylic acids is 1. The first-order valence-electron chi connectivity index (χ1n) is 9.94. The Morgan fingerprint density at radius 2 is 1.56 bits per heavy atom. The molecule has 32 heavy (non-hydrogen) atoms. The Balaban J connectivity index is 1.79. The molecule has 3 aromatic rings. The second-order valence-corrected chi connectivity index (χ2v) is 6.99. The first-order chi connectivity index (χ1) is 15.5. The van der Waals surface area contributed by atoms with E-state index in [1.165, 1.54) is 7.11 Å². The molecule has 0 fully saturated rings. The monoisotopic (exact) mass is 433 g/mol. The van der Waals surface area contributed by atoms with Crippen molar-refractivity contribution in [1.29, 1.82) is 0 Å². The maximum absolute atomic E-state index is 13.0. The number of carbonyl (C=O) groups excluding carboxylic acids is 2. The van der Waals surface area contributed by atoms with Crippen LogP contribution in [-0.2, 0) is 20.7 Å². The highest BCUT2D eigenvalue weighted by molar-refractivity contribution is 6.12. The van der Waals surface area contributed by atoms with Gasteiger partial charge in [0.2, 0.25) is 0 Å². The zero-order valence-corrected chi connectivity index (χ0v) is 17.5. The maximum Gasteiger partial charge on any atom is 0.341 e. The van der Waals surface area contributed by atoms with Gasteiger partial charge in [0, 0.05) is 23.2 Å². The highest BCUT2D eigenvalue weighted by atomic mass is 16.5. The summed E-state index contributed by atoms with van der Waals surface area (Å²) in [5.41, 5.74) is 2.33. The van der Waals surface area contributed by atoms with E-state index in [9.17, 15) is 14.4 Å². The van der Waals surface area contributed by atoms with Crippen LogP contribution in [0.5, 0.6) is 5.75 Å². The van der Waals surface area contributed by atoms with Crippen molar-refractivity contribution in [3.63, 3.8) is 0 Å². The van der Waals surface area contributed by atoms with Crippen LogP contribution in [0.25, 0.3) is 0 Å². The standard InChI is InChI=1S/C25H23NO6/c1-31-25(30)22(15-17-11-13-19(14-12-17)32-16-23(27)28)26-21-10-6-5-9-20(21)24(29)18-7-3-2-4-8-18/h2-14,22,26H,15-16H2,1H3,(H,27,28). The normalized spacial score (nSPS) is 11.3. The average Bonchev–Trinajstić information content (AvgIpc) is 2.83. The minimum absolute atomic E-state index is 0.155. The third-order valence-corrected chi connectivity index (χ3v) is 4.75. The fourth-order valence-corrected chi connectivity index (χ4v) is 3.18.